The van der Waals surface area contributed by atoms with E-state index in [2.05, 4.69) is 13.8 Å². The van der Waals surface area contributed by atoms with Crippen LogP contribution < -0.4 is 0 Å². The SMILES string of the molecule is CCCCCCCCCCCCCCCCCCCOCC(CO)OC(=O)CCCCCCCCCCCCCCCCCC. The van der Waals surface area contributed by atoms with E-state index in [4.69, 9.17) is 9.47 Å². The minimum Gasteiger partial charge on any atom is -0.457 e. The Kier molecular flexibility index (Phi) is 39.0. The number of unbranched alkanes of at least 4 members (excludes halogenated alkanes) is 31. The Morgan fingerprint density at radius 3 is 1.04 bits per heavy atom. The van der Waals surface area contributed by atoms with Gasteiger partial charge in [0.05, 0.1) is 13.2 Å². The summed E-state index contributed by atoms with van der Waals surface area (Å²) in [5.41, 5.74) is 0. The number of rotatable bonds is 39. The van der Waals surface area contributed by atoms with Crippen molar-refractivity contribution in [3.8, 4) is 0 Å². The third-order valence-corrected chi connectivity index (χ3v) is 9.43. The van der Waals surface area contributed by atoms with Crippen molar-refractivity contribution in [3.05, 3.63) is 0 Å². The van der Waals surface area contributed by atoms with Gasteiger partial charge in [0.15, 0.2) is 0 Å². The molecule has 0 saturated heterocycles. The van der Waals surface area contributed by atoms with Crippen LogP contribution in [0.5, 0.6) is 0 Å². The Hall–Kier alpha value is -0.610. The molecule has 0 aliphatic carbocycles. The Balaban J connectivity index is 3.36. The number of ether oxygens (including phenoxy) is 2. The van der Waals surface area contributed by atoms with Crippen molar-refractivity contribution in [1.82, 2.24) is 0 Å². The normalized spacial score (nSPS) is 12.2. The number of carbonyl (C=O) groups excluding carboxylic acids is 1. The van der Waals surface area contributed by atoms with E-state index in [1.807, 2.05) is 0 Å². The Bertz CT molecular complexity index is 552. The molecule has 0 saturated carbocycles. The predicted molar refractivity (Wildman–Crippen MR) is 196 cm³/mol. The van der Waals surface area contributed by atoms with E-state index in [0.29, 0.717) is 19.6 Å². The first-order valence-electron chi connectivity index (χ1n) is 20.6. The minimum absolute atomic E-state index is 0.163. The second kappa shape index (κ2) is 39.6. The van der Waals surface area contributed by atoms with Crippen LogP contribution in [0.4, 0.5) is 0 Å². The molecule has 45 heavy (non-hydrogen) atoms. The largest absolute Gasteiger partial charge is 0.457 e. The van der Waals surface area contributed by atoms with Crippen molar-refractivity contribution in [2.24, 2.45) is 0 Å². The fraction of sp³-hybridized carbons (Fsp3) is 0.976. The average Bonchev–Trinajstić information content (AvgIpc) is 3.05. The van der Waals surface area contributed by atoms with Gasteiger partial charge in [0, 0.05) is 13.0 Å². The Morgan fingerprint density at radius 1 is 0.444 bits per heavy atom. The molecular formula is C41H82O4. The van der Waals surface area contributed by atoms with Crippen LogP contribution in [-0.4, -0.2) is 37.0 Å². The van der Waals surface area contributed by atoms with E-state index in [1.165, 1.54) is 193 Å². The average molecular weight is 639 g/mol. The standard InChI is InChI=1S/C41H82O4/c1-3-5-7-9-11-13-15-17-19-21-23-25-27-29-31-33-35-37-44-39-40(38-42)45-41(43)36-34-32-30-28-26-24-22-20-18-16-14-12-10-8-6-4-2/h40,42H,3-39H2,1-2H3. The maximum atomic E-state index is 12.2. The molecule has 0 aliphatic heterocycles. The molecule has 270 valence electrons. The van der Waals surface area contributed by atoms with Crippen LogP contribution in [0.25, 0.3) is 0 Å². The monoisotopic (exact) mass is 639 g/mol. The van der Waals surface area contributed by atoms with Gasteiger partial charge in [-0.25, -0.2) is 0 Å². The number of hydrogen-bond acceptors (Lipinski definition) is 4. The summed E-state index contributed by atoms with van der Waals surface area (Å²) in [6.45, 7) is 5.40. The van der Waals surface area contributed by atoms with Gasteiger partial charge in [-0.1, -0.05) is 213 Å². The van der Waals surface area contributed by atoms with E-state index in [1.54, 1.807) is 0 Å². The zero-order valence-corrected chi connectivity index (χ0v) is 30.9. The van der Waals surface area contributed by atoms with E-state index in [0.717, 1.165) is 19.3 Å². The highest BCUT2D eigenvalue weighted by molar-refractivity contribution is 5.69. The van der Waals surface area contributed by atoms with Crippen molar-refractivity contribution in [1.29, 1.82) is 0 Å². The van der Waals surface area contributed by atoms with Crippen LogP contribution in [0.1, 0.15) is 232 Å². The topological polar surface area (TPSA) is 55.8 Å². The van der Waals surface area contributed by atoms with Crippen molar-refractivity contribution >= 4 is 5.97 Å². The molecule has 0 rings (SSSR count). The van der Waals surface area contributed by atoms with Crippen molar-refractivity contribution in [2.75, 3.05) is 19.8 Å². The summed E-state index contributed by atoms with van der Waals surface area (Å²) >= 11 is 0. The van der Waals surface area contributed by atoms with Crippen LogP contribution >= 0.6 is 0 Å². The van der Waals surface area contributed by atoms with Crippen molar-refractivity contribution < 1.29 is 19.4 Å². The van der Waals surface area contributed by atoms with Crippen LogP contribution in [0.3, 0.4) is 0 Å². The number of aliphatic hydroxyl groups is 1. The second-order valence-corrected chi connectivity index (χ2v) is 14.1. The molecule has 1 unspecified atom stereocenters. The summed E-state index contributed by atoms with van der Waals surface area (Å²) < 4.78 is 11.2. The van der Waals surface area contributed by atoms with Gasteiger partial charge in [0.25, 0.3) is 0 Å². The first-order chi connectivity index (χ1) is 22.2. The highest BCUT2D eigenvalue weighted by Crippen LogP contribution is 2.16. The maximum absolute atomic E-state index is 12.2. The summed E-state index contributed by atoms with van der Waals surface area (Å²) in [6, 6.07) is 0. The summed E-state index contributed by atoms with van der Waals surface area (Å²) in [6.07, 6.45) is 44.4. The summed E-state index contributed by atoms with van der Waals surface area (Å²) in [5.74, 6) is -0.194. The third kappa shape index (κ3) is 37.7. The Morgan fingerprint density at radius 2 is 0.733 bits per heavy atom. The van der Waals surface area contributed by atoms with Gasteiger partial charge < -0.3 is 14.6 Å². The molecule has 0 spiro atoms. The van der Waals surface area contributed by atoms with E-state index in [9.17, 15) is 9.90 Å². The third-order valence-electron chi connectivity index (χ3n) is 9.43. The maximum Gasteiger partial charge on any atom is 0.306 e. The highest BCUT2D eigenvalue weighted by atomic mass is 16.6. The van der Waals surface area contributed by atoms with Gasteiger partial charge in [-0.05, 0) is 12.8 Å². The minimum atomic E-state index is -0.524. The molecule has 0 bridgehead atoms. The fourth-order valence-corrected chi connectivity index (χ4v) is 6.33. The summed E-state index contributed by atoms with van der Waals surface area (Å²) in [7, 11) is 0. The lowest BCUT2D eigenvalue weighted by Gasteiger charge is -2.16. The van der Waals surface area contributed by atoms with Gasteiger partial charge in [-0.2, -0.15) is 0 Å². The molecule has 4 nitrogen and oxygen atoms in total. The van der Waals surface area contributed by atoms with Gasteiger partial charge in [0.1, 0.15) is 6.10 Å². The highest BCUT2D eigenvalue weighted by Gasteiger charge is 2.13. The smallest absolute Gasteiger partial charge is 0.306 e. The first kappa shape index (κ1) is 44.4. The molecule has 0 amide bonds. The molecule has 0 aromatic rings. The van der Waals surface area contributed by atoms with Gasteiger partial charge in [-0.3, -0.25) is 4.79 Å². The molecule has 0 aromatic heterocycles. The predicted octanol–water partition coefficient (Wildman–Crippen LogP) is 13.2. The Labute approximate surface area is 283 Å². The quantitative estimate of drug-likeness (QED) is 0.0537. The number of hydrogen-bond donors (Lipinski definition) is 1. The molecule has 1 atom stereocenters. The molecule has 0 radical (unpaired) electrons. The second-order valence-electron chi connectivity index (χ2n) is 14.1. The van der Waals surface area contributed by atoms with Crippen LogP contribution in [0.15, 0.2) is 0 Å². The first-order valence-corrected chi connectivity index (χ1v) is 20.6. The van der Waals surface area contributed by atoms with Crippen LogP contribution in [0, 0.1) is 0 Å². The van der Waals surface area contributed by atoms with Gasteiger partial charge >= 0.3 is 5.97 Å². The number of aliphatic hydroxyl groups excluding tert-OH is 1. The zero-order chi connectivity index (χ0) is 32.7. The summed E-state index contributed by atoms with van der Waals surface area (Å²) in [4.78, 5) is 12.2. The lowest BCUT2D eigenvalue weighted by atomic mass is 10.0. The van der Waals surface area contributed by atoms with E-state index in [-0.39, 0.29) is 12.6 Å². The lowest BCUT2D eigenvalue weighted by Crippen LogP contribution is -2.27. The van der Waals surface area contributed by atoms with Crippen molar-refractivity contribution in [2.45, 2.75) is 238 Å². The molecular weight excluding hydrogens is 556 g/mol. The van der Waals surface area contributed by atoms with Crippen molar-refractivity contribution in [3.63, 3.8) is 0 Å². The summed E-state index contributed by atoms with van der Waals surface area (Å²) in [5, 5.41) is 9.58. The molecule has 0 aromatic carbocycles. The fourth-order valence-electron chi connectivity index (χ4n) is 6.33. The van der Waals surface area contributed by atoms with Crippen LogP contribution in [-0.2, 0) is 14.3 Å². The van der Waals surface area contributed by atoms with Crippen LogP contribution in [0.2, 0.25) is 0 Å². The molecule has 0 aliphatic rings. The zero-order valence-electron chi connectivity index (χ0n) is 30.9. The van der Waals surface area contributed by atoms with E-state index < -0.39 is 6.10 Å². The molecule has 4 heteroatoms. The number of esters is 1. The number of carbonyl (C=O) groups is 1. The molecule has 1 N–H and O–H groups in total. The van der Waals surface area contributed by atoms with Gasteiger partial charge in [-0.15, -0.1) is 0 Å². The lowest BCUT2D eigenvalue weighted by molar-refractivity contribution is -0.154. The van der Waals surface area contributed by atoms with Gasteiger partial charge in [0.2, 0.25) is 0 Å². The molecule has 0 fully saturated rings. The van der Waals surface area contributed by atoms with E-state index >= 15 is 0 Å². The molecule has 0 heterocycles.